The van der Waals surface area contributed by atoms with Crippen molar-refractivity contribution in [3.05, 3.63) is 42.1 Å². The van der Waals surface area contributed by atoms with Crippen LogP contribution in [0.5, 0.6) is 0 Å². The number of nitrogens with zero attached hydrogens (tertiary/aromatic N) is 1. The first-order valence-electron chi connectivity index (χ1n) is 6.99. The normalized spacial score (nSPS) is 12.3. The molecule has 0 spiro atoms. The summed E-state index contributed by atoms with van der Waals surface area (Å²) in [5.41, 5.74) is 1.32. The minimum absolute atomic E-state index is 0.106. The van der Waals surface area contributed by atoms with E-state index < -0.39 is 0 Å². The molecule has 0 aliphatic heterocycles. The molecule has 2 aromatic rings. The van der Waals surface area contributed by atoms with Gasteiger partial charge in [0, 0.05) is 24.7 Å². The molecule has 0 fully saturated rings. The van der Waals surface area contributed by atoms with E-state index in [2.05, 4.69) is 17.2 Å². The van der Waals surface area contributed by atoms with Crippen molar-refractivity contribution in [3.8, 4) is 0 Å². The van der Waals surface area contributed by atoms with Gasteiger partial charge in [-0.05, 0) is 24.5 Å². The number of benzene rings is 1. The smallest absolute Gasteiger partial charge is 0.253 e. The summed E-state index contributed by atoms with van der Waals surface area (Å²) in [6, 6.07) is 9.40. The summed E-state index contributed by atoms with van der Waals surface area (Å²) in [6.07, 6.45) is 3.35. The number of carbonyl (C=O) groups is 1. The van der Waals surface area contributed by atoms with E-state index in [9.17, 15) is 4.79 Å². The van der Waals surface area contributed by atoms with Crippen molar-refractivity contribution in [1.82, 2.24) is 10.3 Å². The molecule has 2 N–H and O–H groups in total. The maximum atomic E-state index is 12.3. The Labute approximate surface area is 118 Å². The molecule has 1 atom stereocenters. The maximum Gasteiger partial charge on any atom is 0.253 e. The lowest BCUT2D eigenvalue weighted by atomic mass is 10.0. The Bertz CT molecular complexity index is 578. The Morgan fingerprint density at radius 1 is 1.35 bits per heavy atom. The summed E-state index contributed by atoms with van der Waals surface area (Å²) in [6.45, 7) is 2.80. The standard InChI is InChI=1S/C16H20N2O2/c1-2-12(8-10-19)11-18-16(20)14-7-3-5-13-6-4-9-17-15(13)14/h3-7,9,12,19H,2,8,10-11H2,1H3,(H,18,20). The molecule has 4 heteroatoms. The van der Waals surface area contributed by atoms with E-state index in [4.69, 9.17) is 5.11 Å². The van der Waals surface area contributed by atoms with Crippen molar-refractivity contribution < 1.29 is 9.90 Å². The highest BCUT2D eigenvalue weighted by molar-refractivity contribution is 6.05. The highest BCUT2D eigenvalue weighted by atomic mass is 16.3. The van der Waals surface area contributed by atoms with Gasteiger partial charge in [-0.15, -0.1) is 0 Å². The molecule has 0 radical (unpaired) electrons. The first-order chi connectivity index (χ1) is 9.76. The van der Waals surface area contributed by atoms with Crippen LogP contribution < -0.4 is 5.32 Å². The SMILES string of the molecule is CCC(CCO)CNC(=O)c1cccc2cccnc12. The molecule has 0 bridgehead atoms. The zero-order valence-corrected chi connectivity index (χ0v) is 11.7. The Kier molecular flexibility index (Phi) is 5.07. The third-order valence-electron chi connectivity index (χ3n) is 3.54. The van der Waals surface area contributed by atoms with Crippen molar-refractivity contribution >= 4 is 16.8 Å². The van der Waals surface area contributed by atoms with Gasteiger partial charge in [-0.3, -0.25) is 9.78 Å². The molecule has 0 saturated heterocycles. The Morgan fingerprint density at radius 3 is 2.90 bits per heavy atom. The molecule has 20 heavy (non-hydrogen) atoms. The molecule has 1 amide bonds. The van der Waals surface area contributed by atoms with Gasteiger partial charge in [-0.25, -0.2) is 0 Å². The number of aromatic nitrogens is 1. The molecule has 0 saturated carbocycles. The first kappa shape index (κ1) is 14.5. The lowest BCUT2D eigenvalue weighted by Gasteiger charge is -2.14. The number of aliphatic hydroxyl groups is 1. The minimum atomic E-state index is -0.106. The number of carbonyl (C=O) groups excluding carboxylic acids is 1. The summed E-state index contributed by atoms with van der Waals surface area (Å²) in [5.74, 6) is 0.206. The largest absolute Gasteiger partial charge is 0.396 e. The number of nitrogens with one attached hydrogen (secondary N) is 1. The summed E-state index contributed by atoms with van der Waals surface area (Å²) in [4.78, 5) is 16.6. The van der Waals surface area contributed by atoms with E-state index >= 15 is 0 Å². The number of pyridine rings is 1. The van der Waals surface area contributed by atoms with Gasteiger partial charge >= 0.3 is 0 Å². The number of para-hydroxylation sites is 1. The van der Waals surface area contributed by atoms with Crippen molar-refractivity contribution in [3.63, 3.8) is 0 Å². The molecule has 4 nitrogen and oxygen atoms in total. The number of aliphatic hydroxyl groups excluding tert-OH is 1. The van der Waals surface area contributed by atoms with E-state index in [-0.39, 0.29) is 12.5 Å². The van der Waals surface area contributed by atoms with Crippen LogP contribution in [0, 0.1) is 5.92 Å². The summed E-state index contributed by atoms with van der Waals surface area (Å²) < 4.78 is 0. The summed E-state index contributed by atoms with van der Waals surface area (Å²) in [5, 5.41) is 12.9. The van der Waals surface area contributed by atoms with Gasteiger partial charge in [-0.1, -0.05) is 31.5 Å². The second kappa shape index (κ2) is 7.01. The summed E-state index contributed by atoms with van der Waals surface area (Å²) in [7, 11) is 0. The lowest BCUT2D eigenvalue weighted by molar-refractivity contribution is 0.0945. The minimum Gasteiger partial charge on any atom is -0.396 e. The van der Waals surface area contributed by atoms with Crippen LogP contribution in [0.25, 0.3) is 10.9 Å². The topological polar surface area (TPSA) is 62.2 Å². The Morgan fingerprint density at radius 2 is 2.15 bits per heavy atom. The van der Waals surface area contributed by atoms with Crippen LogP contribution >= 0.6 is 0 Å². The fourth-order valence-electron chi connectivity index (χ4n) is 2.25. The van der Waals surface area contributed by atoms with Gasteiger partial charge in [0.1, 0.15) is 0 Å². The molecule has 106 valence electrons. The van der Waals surface area contributed by atoms with Crippen molar-refractivity contribution in [2.75, 3.05) is 13.2 Å². The summed E-state index contributed by atoms with van der Waals surface area (Å²) >= 11 is 0. The first-order valence-corrected chi connectivity index (χ1v) is 6.99. The van der Waals surface area contributed by atoms with Gasteiger partial charge < -0.3 is 10.4 Å². The van der Waals surface area contributed by atoms with Crippen LogP contribution in [0.2, 0.25) is 0 Å². The molecular formula is C16H20N2O2. The van der Waals surface area contributed by atoms with Gasteiger partial charge in [0.05, 0.1) is 11.1 Å². The van der Waals surface area contributed by atoms with Crippen LogP contribution in [0.15, 0.2) is 36.5 Å². The number of hydrogen-bond donors (Lipinski definition) is 2. The van der Waals surface area contributed by atoms with Gasteiger partial charge in [0.15, 0.2) is 0 Å². The lowest BCUT2D eigenvalue weighted by Crippen LogP contribution is -2.29. The van der Waals surface area contributed by atoms with Gasteiger partial charge in [0.25, 0.3) is 5.91 Å². The van der Waals surface area contributed by atoms with Crippen molar-refractivity contribution in [1.29, 1.82) is 0 Å². The molecule has 1 unspecified atom stereocenters. The van der Waals surface area contributed by atoms with Crippen LogP contribution in [0.3, 0.4) is 0 Å². The van der Waals surface area contributed by atoms with E-state index in [0.717, 1.165) is 17.3 Å². The van der Waals surface area contributed by atoms with Crippen LogP contribution in [-0.2, 0) is 0 Å². The van der Waals surface area contributed by atoms with Crippen LogP contribution in [-0.4, -0.2) is 29.1 Å². The maximum absolute atomic E-state index is 12.3. The fourth-order valence-corrected chi connectivity index (χ4v) is 2.25. The highest BCUT2D eigenvalue weighted by Gasteiger charge is 2.12. The number of rotatable bonds is 6. The van der Waals surface area contributed by atoms with Crippen molar-refractivity contribution in [2.24, 2.45) is 5.92 Å². The molecule has 1 heterocycles. The number of hydrogen-bond acceptors (Lipinski definition) is 3. The van der Waals surface area contributed by atoms with E-state index in [1.807, 2.05) is 24.3 Å². The highest BCUT2D eigenvalue weighted by Crippen LogP contribution is 2.16. The van der Waals surface area contributed by atoms with E-state index in [1.165, 1.54) is 0 Å². The quantitative estimate of drug-likeness (QED) is 0.848. The predicted molar refractivity (Wildman–Crippen MR) is 79.6 cm³/mol. The molecule has 0 aliphatic carbocycles. The fraction of sp³-hybridized carbons (Fsp3) is 0.375. The monoisotopic (exact) mass is 272 g/mol. The molecule has 0 aliphatic rings. The van der Waals surface area contributed by atoms with Crippen LogP contribution in [0.4, 0.5) is 0 Å². The van der Waals surface area contributed by atoms with Gasteiger partial charge in [0.2, 0.25) is 0 Å². The van der Waals surface area contributed by atoms with Crippen LogP contribution in [0.1, 0.15) is 30.1 Å². The Balaban J connectivity index is 2.11. The van der Waals surface area contributed by atoms with Gasteiger partial charge in [-0.2, -0.15) is 0 Å². The Hall–Kier alpha value is -1.94. The number of amides is 1. The zero-order valence-electron chi connectivity index (χ0n) is 11.7. The predicted octanol–water partition coefficient (Wildman–Crippen LogP) is 2.37. The third kappa shape index (κ3) is 3.33. The third-order valence-corrected chi connectivity index (χ3v) is 3.54. The number of fused-ring (bicyclic) bond motifs is 1. The van der Waals surface area contributed by atoms with E-state index in [1.54, 1.807) is 12.3 Å². The second-order valence-electron chi connectivity index (χ2n) is 4.88. The zero-order chi connectivity index (χ0) is 14.4. The molecule has 2 rings (SSSR count). The molecular weight excluding hydrogens is 252 g/mol. The van der Waals surface area contributed by atoms with E-state index in [0.29, 0.717) is 24.4 Å². The second-order valence-corrected chi connectivity index (χ2v) is 4.88. The molecule has 1 aromatic heterocycles. The van der Waals surface area contributed by atoms with Crippen molar-refractivity contribution in [2.45, 2.75) is 19.8 Å². The molecule has 1 aromatic carbocycles. The average Bonchev–Trinajstić information content (AvgIpc) is 2.50. The average molecular weight is 272 g/mol.